The predicted octanol–water partition coefficient (Wildman–Crippen LogP) is 2.16. The van der Waals surface area contributed by atoms with E-state index in [1.165, 1.54) is 32.1 Å². The van der Waals surface area contributed by atoms with Gasteiger partial charge >= 0.3 is 5.97 Å². The van der Waals surface area contributed by atoms with Crippen molar-refractivity contribution in [2.24, 2.45) is 0 Å². The van der Waals surface area contributed by atoms with Crippen LogP contribution in [0.2, 0.25) is 0 Å². The van der Waals surface area contributed by atoms with Crippen molar-refractivity contribution in [2.45, 2.75) is 83.0 Å². The lowest BCUT2D eigenvalue weighted by Gasteiger charge is -2.29. The number of cyclic esters (lactones) is 1. The number of ether oxygens (including phenoxy) is 1. The summed E-state index contributed by atoms with van der Waals surface area (Å²) in [6, 6.07) is 0. The molecule has 1 heterocycles. The van der Waals surface area contributed by atoms with Crippen LogP contribution in [0.4, 0.5) is 0 Å². The zero-order valence-corrected chi connectivity index (χ0v) is 11.3. The molecule has 0 aliphatic carbocycles. The van der Waals surface area contributed by atoms with Crippen molar-refractivity contribution in [3.63, 3.8) is 0 Å². The third-order valence-electron chi connectivity index (χ3n) is 3.52. The first kappa shape index (κ1) is 15.4. The first-order chi connectivity index (χ1) is 8.65. The highest BCUT2D eigenvalue weighted by Crippen LogP contribution is 2.20. The van der Waals surface area contributed by atoms with Gasteiger partial charge in [-0.05, 0) is 12.8 Å². The van der Waals surface area contributed by atoms with E-state index >= 15 is 0 Å². The van der Waals surface area contributed by atoms with E-state index in [9.17, 15) is 15.0 Å². The van der Waals surface area contributed by atoms with Crippen LogP contribution in [0.5, 0.6) is 0 Å². The fourth-order valence-corrected chi connectivity index (χ4v) is 2.34. The molecule has 1 rings (SSSR count). The van der Waals surface area contributed by atoms with Crippen LogP contribution in [0.15, 0.2) is 0 Å². The summed E-state index contributed by atoms with van der Waals surface area (Å²) in [5.74, 6) is -0.679. The smallest absolute Gasteiger partial charge is 0.337 e. The maximum Gasteiger partial charge on any atom is 0.337 e. The van der Waals surface area contributed by atoms with Crippen molar-refractivity contribution in [3.05, 3.63) is 0 Å². The van der Waals surface area contributed by atoms with Gasteiger partial charge in [0, 0.05) is 6.42 Å². The van der Waals surface area contributed by atoms with E-state index in [0.717, 1.165) is 19.3 Å². The SMILES string of the molecule is CCCCCCCCC[C@H]1C[C@@H](O)[C@H](O)C(=O)O1. The molecule has 1 fully saturated rings. The van der Waals surface area contributed by atoms with Crippen molar-refractivity contribution < 1.29 is 19.7 Å². The number of rotatable bonds is 8. The standard InChI is InChI=1S/C14H26O4/c1-2-3-4-5-6-7-8-9-11-10-12(15)13(16)14(17)18-11/h11-13,15-16H,2-10H2,1H3/t11-,12+,13-/m0/s1. The van der Waals surface area contributed by atoms with Crippen molar-refractivity contribution in [1.82, 2.24) is 0 Å². The zero-order chi connectivity index (χ0) is 13.4. The molecule has 3 atom stereocenters. The monoisotopic (exact) mass is 258 g/mol. The number of aliphatic hydroxyl groups excluding tert-OH is 2. The van der Waals surface area contributed by atoms with Crippen molar-refractivity contribution >= 4 is 5.97 Å². The molecule has 0 radical (unpaired) electrons. The summed E-state index contributed by atoms with van der Waals surface area (Å²) in [7, 11) is 0. The minimum absolute atomic E-state index is 0.216. The Labute approximate surface area is 109 Å². The third kappa shape index (κ3) is 5.36. The number of unbranched alkanes of at least 4 members (excludes halogenated alkanes) is 6. The number of hydrogen-bond donors (Lipinski definition) is 2. The average molecular weight is 258 g/mol. The summed E-state index contributed by atoms with van der Waals surface area (Å²) in [6.45, 7) is 2.21. The fraction of sp³-hybridized carbons (Fsp3) is 0.929. The molecule has 18 heavy (non-hydrogen) atoms. The Morgan fingerprint density at radius 3 is 2.33 bits per heavy atom. The molecule has 4 heteroatoms. The number of aliphatic hydroxyl groups is 2. The Kier molecular flexibility index (Phi) is 7.28. The van der Waals surface area contributed by atoms with Gasteiger partial charge in [0.25, 0.3) is 0 Å². The highest BCUT2D eigenvalue weighted by molar-refractivity contribution is 5.76. The Balaban J connectivity index is 2.04. The van der Waals surface area contributed by atoms with Crippen LogP contribution < -0.4 is 0 Å². The van der Waals surface area contributed by atoms with Crippen molar-refractivity contribution in [3.8, 4) is 0 Å². The fourth-order valence-electron chi connectivity index (χ4n) is 2.34. The Bertz CT molecular complexity index is 242. The highest BCUT2D eigenvalue weighted by Gasteiger charge is 2.35. The first-order valence-electron chi connectivity index (χ1n) is 7.21. The second kappa shape index (κ2) is 8.48. The van der Waals surface area contributed by atoms with Crippen molar-refractivity contribution in [2.75, 3.05) is 0 Å². The van der Waals surface area contributed by atoms with Crippen LogP contribution in [-0.4, -0.2) is 34.5 Å². The van der Waals surface area contributed by atoms with Crippen molar-refractivity contribution in [1.29, 1.82) is 0 Å². The molecule has 2 N–H and O–H groups in total. The second-order valence-corrected chi connectivity index (χ2v) is 5.22. The summed E-state index contributed by atoms with van der Waals surface area (Å²) in [5.41, 5.74) is 0. The summed E-state index contributed by atoms with van der Waals surface area (Å²) < 4.78 is 5.07. The Morgan fingerprint density at radius 2 is 1.72 bits per heavy atom. The Morgan fingerprint density at radius 1 is 1.11 bits per heavy atom. The number of carbonyl (C=O) groups excluding carboxylic acids is 1. The van der Waals surface area contributed by atoms with Gasteiger partial charge in [0.15, 0.2) is 6.10 Å². The Hall–Kier alpha value is -0.610. The molecule has 0 aromatic heterocycles. The van der Waals surface area contributed by atoms with Gasteiger partial charge in [-0.15, -0.1) is 0 Å². The topological polar surface area (TPSA) is 66.8 Å². The molecular weight excluding hydrogens is 232 g/mol. The van der Waals surface area contributed by atoms with E-state index in [1.807, 2.05) is 0 Å². The summed E-state index contributed by atoms with van der Waals surface area (Å²) in [6.07, 6.45) is 7.19. The van der Waals surface area contributed by atoms with E-state index in [1.54, 1.807) is 0 Å². The zero-order valence-electron chi connectivity index (χ0n) is 11.3. The largest absolute Gasteiger partial charge is 0.460 e. The molecule has 106 valence electrons. The molecule has 0 aromatic carbocycles. The molecule has 0 spiro atoms. The third-order valence-corrected chi connectivity index (χ3v) is 3.52. The molecule has 0 amide bonds. The first-order valence-corrected chi connectivity index (χ1v) is 7.21. The molecule has 4 nitrogen and oxygen atoms in total. The molecule has 0 bridgehead atoms. The second-order valence-electron chi connectivity index (χ2n) is 5.22. The van der Waals surface area contributed by atoms with E-state index in [-0.39, 0.29) is 6.10 Å². The molecular formula is C14H26O4. The summed E-state index contributed by atoms with van der Waals surface area (Å²) >= 11 is 0. The molecule has 1 aliphatic rings. The van der Waals surface area contributed by atoms with Crippen LogP contribution in [-0.2, 0) is 9.53 Å². The maximum absolute atomic E-state index is 11.2. The van der Waals surface area contributed by atoms with E-state index in [4.69, 9.17) is 4.74 Å². The molecule has 0 saturated carbocycles. The van der Waals surface area contributed by atoms with Gasteiger partial charge in [-0.1, -0.05) is 45.4 Å². The molecule has 1 saturated heterocycles. The minimum atomic E-state index is -1.35. The number of hydrogen-bond acceptors (Lipinski definition) is 4. The predicted molar refractivity (Wildman–Crippen MR) is 69.1 cm³/mol. The molecule has 0 aromatic rings. The van der Waals surface area contributed by atoms with Gasteiger partial charge in [0.05, 0.1) is 6.10 Å². The molecule has 1 aliphatic heterocycles. The highest BCUT2D eigenvalue weighted by atomic mass is 16.6. The van der Waals surface area contributed by atoms with Gasteiger partial charge in [0.2, 0.25) is 0 Å². The lowest BCUT2D eigenvalue weighted by Crippen LogP contribution is -2.45. The van der Waals surface area contributed by atoms with E-state index in [0.29, 0.717) is 6.42 Å². The van der Waals surface area contributed by atoms with Crippen LogP contribution in [0, 0.1) is 0 Å². The minimum Gasteiger partial charge on any atom is -0.460 e. The lowest BCUT2D eigenvalue weighted by molar-refractivity contribution is -0.179. The van der Waals surface area contributed by atoms with Gasteiger partial charge in [0.1, 0.15) is 6.10 Å². The quantitative estimate of drug-likeness (QED) is 0.517. The normalized spacial score (nSPS) is 28.2. The van der Waals surface area contributed by atoms with Crippen LogP contribution in [0.1, 0.15) is 64.7 Å². The summed E-state index contributed by atoms with van der Waals surface area (Å²) in [5, 5.41) is 18.7. The number of esters is 1. The van der Waals surface area contributed by atoms with Crippen LogP contribution >= 0.6 is 0 Å². The molecule has 0 unspecified atom stereocenters. The van der Waals surface area contributed by atoms with Gasteiger partial charge in [-0.25, -0.2) is 4.79 Å². The number of carbonyl (C=O) groups is 1. The van der Waals surface area contributed by atoms with Crippen LogP contribution in [0.25, 0.3) is 0 Å². The average Bonchev–Trinajstić information content (AvgIpc) is 2.34. The van der Waals surface area contributed by atoms with Gasteiger partial charge in [-0.3, -0.25) is 0 Å². The summed E-state index contributed by atoms with van der Waals surface area (Å²) in [4.78, 5) is 11.2. The lowest BCUT2D eigenvalue weighted by atomic mass is 9.98. The van der Waals surface area contributed by atoms with E-state index in [2.05, 4.69) is 6.92 Å². The van der Waals surface area contributed by atoms with Gasteiger partial charge in [-0.2, -0.15) is 0 Å². The van der Waals surface area contributed by atoms with E-state index < -0.39 is 18.2 Å². The van der Waals surface area contributed by atoms with Crippen LogP contribution in [0.3, 0.4) is 0 Å². The maximum atomic E-state index is 11.2. The van der Waals surface area contributed by atoms with Gasteiger partial charge < -0.3 is 14.9 Å².